The van der Waals surface area contributed by atoms with Crippen molar-refractivity contribution in [2.24, 2.45) is 0 Å². The van der Waals surface area contributed by atoms with Crippen molar-refractivity contribution in [3.8, 4) is 0 Å². The Morgan fingerprint density at radius 3 is 2.71 bits per heavy atom. The molecule has 1 atom stereocenters. The third-order valence-corrected chi connectivity index (χ3v) is 4.22. The second-order valence-corrected chi connectivity index (χ2v) is 6.27. The molecule has 0 amide bonds. The fourth-order valence-electron chi connectivity index (χ4n) is 3.04. The lowest BCUT2D eigenvalue weighted by Crippen LogP contribution is -2.34. The molecule has 1 fully saturated rings. The molecule has 1 aromatic carbocycles. The van der Waals surface area contributed by atoms with Gasteiger partial charge in [0.25, 0.3) is 0 Å². The van der Waals surface area contributed by atoms with Gasteiger partial charge in [-0.1, -0.05) is 30.3 Å². The van der Waals surface area contributed by atoms with Gasteiger partial charge in [0.15, 0.2) is 0 Å². The number of β-amino-alcohol motifs (C(OH)–C–C–N with tert-alkyl or cyclic N) is 1. The predicted molar refractivity (Wildman–Crippen MR) is 96.3 cm³/mol. The largest absolute Gasteiger partial charge is 0.390 e. The molecule has 2 aromatic rings. The quantitative estimate of drug-likeness (QED) is 0.887. The normalized spacial score (nSPS) is 19.1. The van der Waals surface area contributed by atoms with Gasteiger partial charge >= 0.3 is 0 Å². The minimum absolute atomic E-state index is 0.418. The van der Waals surface area contributed by atoms with E-state index in [-0.39, 0.29) is 0 Å². The highest BCUT2D eigenvalue weighted by Gasteiger charge is 2.23. The standard InChI is InChI=1S/C18H25N5O/c1-14-10-17(19-2)21-18(20-14)23-9-8-22(12-16(24)13-23)11-15-6-4-3-5-7-15/h3-7,10,16,24H,8-9,11-13H2,1-2H3,(H,19,20,21). The fourth-order valence-corrected chi connectivity index (χ4v) is 3.04. The van der Waals surface area contributed by atoms with E-state index in [0.29, 0.717) is 19.0 Å². The predicted octanol–water partition coefficient (Wildman–Crippen LogP) is 1.51. The molecule has 0 spiro atoms. The minimum Gasteiger partial charge on any atom is -0.390 e. The van der Waals surface area contributed by atoms with E-state index >= 15 is 0 Å². The number of hydrogen-bond donors (Lipinski definition) is 2. The van der Waals surface area contributed by atoms with Crippen LogP contribution < -0.4 is 10.2 Å². The third-order valence-electron chi connectivity index (χ3n) is 4.22. The van der Waals surface area contributed by atoms with Crippen LogP contribution in [0.2, 0.25) is 0 Å². The third kappa shape index (κ3) is 4.21. The average Bonchev–Trinajstić information content (AvgIpc) is 2.76. The molecule has 0 radical (unpaired) electrons. The van der Waals surface area contributed by atoms with Gasteiger partial charge in [0.05, 0.1) is 6.10 Å². The Hall–Kier alpha value is -2.18. The zero-order valence-electron chi connectivity index (χ0n) is 14.3. The van der Waals surface area contributed by atoms with Crippen molar-refractivity contribution in [2.45, 2.75) is 19.6 Å². The van der Waals surface area contributed by atoms with Crippen LogP contribution in [-0.4, -0.2) is 59.3 Å². The molecule has 1 aliphatic heterocycles. The summed E-state index contributed by atoms with van der Waals surface area (Å²) in [6, 6.07) is 12.3. The number of anilines is 2. The van der Waals surface area contributed by atoms with Crippen molar-refractivity contribution < 1.29 is 5.11 Å². The average molecular weight is 327 g/mol. The number of aryl methyl sites for hydroxylation is 1. The SMILES string of the molecule is CNc1cc(C)nc(N2CCN(Cc3ccccc3)CC(O)C2)n1. The van der Waals surface area contributed by atoms with Crippen molar-refractivity contribution in [1.29, 1.82) is 0 Å². The molecule has 6 heteroatoms. The number of aliphatic hydroxyl groups excluding tert-OH is 1. The topological polar surface area (TPSA) is 64.5 Å². The highest BCUT2D eigenvalue weighted by atomic mass is 16.3. The highest BCUT2D eigenvalue weighted by Crippen LogP contribution is 2.17. The number of rotatable bonds is 4. The molecule has 2 heterocycles. The van der Waals surface area contributed by atoms with E-state index in [1.807, 2.05) is 26.1 Å². The molecule has 1 unspecified atom stereocenters. The molecule has 0 aliphatic carbocycles. The lowest BCUT2D eigenvalue weighted by atomic mass is 10.2. The van der Waals surface area contributed by atoms with Crippen LogP contribution in [0.1, 0.15) is 11.3 Å². The van der Waals surface area contributed by atoms with E-state index in [0.717, 1.165) is 31.1 Å². The van der Waals surface area contributed by atoms with E-state index in [1.165, 1.54) is 5.56 Å². The maximum Gasteiger partial charge on any atom is 0.227 e. The summed E-state index contributed by atoms with van der Waals surface area (Å²) in [7, 11) is 1.85. The van der Waals surface area contributed by atoms with E-state index in [2.05, 4.69) is 49.4 Å². The van der Waals surface area contributed by atoms with Crippen molar-refractivity contribution in [3.05, 3.63) is 47.7 Å². The monoisotopic (exact) mass is 327 g/mol. The summed E-state index contributed by atoms with van der Waals surface area (Å²) in [4.78, 5) is 13.4. The number of aromatic nitrogens is 2. The second kappa shape index (κ2) is 7.59. The van der Waals surface area contributed by atoms with Gasteiger partial charge in [0.2, 0.25) is 5.95 Å². The summed E-state index contributed by atoms with van der Waals surface area (Å²) in [6.45, 7) is 5.70. The Balaban J connectivity index is 1.71. The lowest BCUT2D eigenvalue weighted by molar-refractivity contribution is 0.129. The van der Waals surface area contributed by atoms with Gasteiger partial charge in [0.1, 0.15) is 5.82 Å². The number of benzene rings is 1. The van der Waals surface area contributed by atoms with Crippen molar-refractivity contribution >= 4 is 11.8 Å². The summed E-state index contributed by atoms with van der Waals surface area (Å²) in [5, 5.41) is 13.5. The van der Waals surface area contributed by atoms with Crippen LogP contribution in [0.15, 0.2) is 36.4 Å². The Morgan fingerprint density at radius 2 is 1.96 bits per heavy atom. The van der Waals surface area contributed by atoms with Crippen LogP contribution in [0.5, 0.6) is 0 Å². The van der Waals surface area contributed by atoms with Gasteiger partial charge in [-0.3, -0.25) is 4.90 Å². The maximum absolute atomic E-state index is 10.4. The molecule has 6 nitrogen and oxygen atoms in total. The summed E-state index contributed by atoms with van der Waals surface area (Å²) in [5.41, 5.74) is 2.19. The zero-order valence-corrected chi connectivity index (χ0v) is 14.3. The van der Waals surface area contributed by atoms with Crippen LogP contribution in [0.25, 0.3) is 0 Å². The first-order valence-electron chi connectivity index (χ1n) is 8.37. The Bertz CT molecular complexity index is 664. The highest BCUT2D eigenvalue weighted by molar-refractivity contribution is 5.43. The molecule has 1 saturated heterocycles. The first-order valence-corrected chi connectivity index (χ1v) is 8.37. The first kappa shape index (κ1) is 16.7. The van der Waals surface area contributed by atoms with E-state index in [1.54, 1.807) is 0 Å². The Kier molecular flexibility index (Phi) is 5.27. The van der Waals surface area contributed by atoms with Crippen LogP contribution in [-0.2, 0) is 6.54 Å². The summed E-state index contributed by atoms with van der Waals surface area (Å²) >= 11 is 0. The molecule has 24 heavy (non-hydrogen) atoms. The molecule has 0 saturated carbocycles. The summed E-state index contributed by atoms with van der Waals surface area (Å²) in [5.74, 6) is 1.48. The Morgan fingerprint density at radius 1 is 1.17 bits per heavy atom. The molecule has 0 bridgehead atoms. The second-order valence-electron chi connectivity index (χ2n) is 6.27. The molecular weight excluding hydrogens is 302 g/mol. The Labute approximate surface area is 143 Å². The van der Waals surface area contributed by atoms with Gasteiger partial charge < -0.3 is 15.3 Å². The molecule has 3 rings (SSSR count). The number of nitrogens with one attached hydrogen (secondary N) is 1. The minimum atomic E-state index is -0.418. The van der Waals surface area contributed by atoms with E-state index in [4.69, 9.17) is 0 Å². The van der Waals surface area contributed by atoms with Crippen LogP contribution in [0.4, 0.5) is 11.8 Å². The smallest absolute Gasteiger partial charge is 0.227 e. The van der Waals surface area contributed by atoms with Gasteiger partial charge in [-0.15, -0.1) is 0 Å². The van der Waals surface area contributed by atoms with E-state index < -0.39 is 6.10 Å². The molecule has 2 N–H and O–H groups in total. The molecule has 128 valence electrons. The van der Waals surface area contributed by atoms with Gasteiger partial charge in [-0.05, 0) is 12.5 Å². The van der Waals surface area contributed by atoms with Gasteiger partial charge in [0, 0.05) is 51.5 Å². The van der Waals surface area contributed by atoms with E-state index in [9.17, 15) is 5.11 Å². The van der Waals surface area contributed by atoms with Crippen molar-refractivity contribution in [3.63, 3.8) is 0 Å². The number of hydrogen-bond acceptors (Lipinski definition) is 6. The van der Waals surface area contributed by atoms with Gasteiger partial charge in [-0.25, -0.2) is 4.98 Å². The molecule has 1 aliphatic rings. The summed E-state index contributed by atoms with van der Waals surface area (Å²) in [6.07, 6.45) is -0.418. The first-order chi connectivity index (χ1) is 11.6. The fraction of sp³-hybridized carbons (Fsp3) is 0.444. The lowest BCUT2D eigenvalue weighted by Gasteiger charge is -2.22. The number of aliphatic hydroxyl groups is 1. The van der Waals surface area contributed by atoms with Crippen molar-refractivity contribution in [2.75, 3.05) is 43.4 Å². The van der Waals surface area contributed by atoms with Crippen LogP contribution >= 0.6 is 0 Å². The van der Waals surface area contributed by atoms with Crippen LogP contribution in [0.3, 0.4) is 0 Å². The van der Waals surface area contributed by atoms with Crippen LogP contribution in [0, 0.1) is 6.92 Å². The van der Waals surface area contributed by atoms with Gasteiger partial charge in [-0.2, -0.15) is 4.98 Å². The summed E-state index contributed by atoms with van der Waals surface area (Å²) < 4.78 is 0. The molecule has 1 aromatic heterocycles. The number of nitrogens with zero attached hydrogens (tertiary/aromatic N) is 4. The van der Waals surface area contributed by atoms with Crippen molar-refractivity contribution in [1.82, 2.24) is 14.9 Å². The zero-order chi connectivity index (χ0) is 16.9. The maximum atomic E-state index is 10.4. The molecular formula is C18H25N5O.